The molecule has 1 fully saturated rings. The third-order valence-electron chi connectivity index (χ3n) is 5.98. The van der Waals surface area contributed by atoms with E-state index in [4.69, 9.17) is 0 Å². The Kier molecular flexibility index (Phi) is 6.60. The molecule has 37 heavy (non-hydrogen) atoms. The van der Waals surface area contributed by atoms with E-state index in [1.165, 1.54) is 24.4 Å². The number of aromatic nitrogens is 3. The number of nitrogens with one attached hydrogen (secondary N) is 3. The Morgan fingerprint density at radius 3 is 2.70 bits per heavy atom. The number of hydrogen-bond donors (Lipinski definition) is 3. The normalized spacial score (nSPS) is 13.4. The van der Waals surface area contributed by atoms with E-state index < -0.39 is 11.6 Å². The largest absolute Gasteiger partial charge is 0.367 e. The molecule has 0 bridgehead atoms. The summed E-state index contributed by atoms with van der Waals surface area (Å²) in [6, 6.07) is 11.2. The Morgan fingerprint density at radius 2 is 1.92 bits per heavy atom. The summed E-state index contributed by atoms with van der Waals surface area (Å²) < 4.78 is 31.5. The minimum atomic E-state index is -1.05. The molecule has 1 saturated heterocycles. The van der Waals surface area contributed by atoms with Crippen LogP contribution in [0.2, 0.25) is 0 Å². The second-order valence-electron chi connectivity index (χ2n) is 8.35. The molecular weight excluding hydrogens is 480 g/mol. The van der Waals surface area contributed by atoms with E-state index in [1.807, 2.05) is 0 Å². The summed E-state index contributed by atoms with van der Waals surface area (Å²) in [6.07, 6.45) is 4.03. The summed E-state index contributed by atoms with van der Waals surface area (Å²) in [5, 5.41) is 8.82. The lowest BCUT2D eigenvalue weighted by molar-refractivity contribution is -0.111. The van der Waals surface area contributed by atoms with Crippen molar-refractivity contribution in [3.05, 3.63) is 89.4 Å². The Bertz CT molecular complexity index is 1560. The van der Waals surface area contributed by atoms with Gasteiger partial charge in [-0.1, -0.05) is 12.6 Å². The van der Waals surface area contributed by atoms with Gasteiger partial charge in [0.2, 0.25) is 11.9 Å². The number of benzene rings is 2. The molecule has 9 nitrogen and oxygen atoms in total. The van der Waals surface area contributed by atoms with Crippen LogP contribution in [0, 0.1) is 11.6 Å². The van der Waals surface area contributed by atoms with Gasteiger partial charge < -0.3 is 25.4 Å². The highest BCUT2D eigenvalue weighted by atomic mass is 19.2. The quantitative estimate of drug-likeness (QED) is 0.347. The van der Waals surface area contributed by atoms with Crippen molar-refractivity contribution in [2.75, 3.05) is 41.7 Å². The van der Waals surface area contributed by atoms with Crippen molar-refractivity contribution < 1.29 is 13.6 Å². The van der Waals surface area contributed by atoms with Crippen LogP contribution in [-0.2, 0) is 4.79 Å². The molecule has 188 valence electrons. The molecule has 3 heterocycles. The topological polar surface area (TPSA) is 104 Å². The van der Waals surface area contributed by atoms with Crippen LogP contribution >= 0.6 is 0 Å². The molecule has 5 rings (SSSR count). The van der Waals surface area contributed by atoms with Crippen molar-refractivity contribution in [3.63, 3.8) is 0 Å². The number of nitrogens with zero attached hydrogens (tertiary/aromatic N) is 4. The van der Waals surface area contributed by atoms with Crippen molar-refractivity contribution in [1.29, 1.82) is 0 Å². The zero-order valence-corrected chi connectivity index (χ0v) is 19.7. The second-order valence-corrected chi connectivity index (χ2v) is 8.35. The van der Waals surface area contributed by atoms with Gasteiger partial charge in [-0.15, -0.1) is 0 Å². The third-order valence-corrected chi connectivity index (χ3v) is 5.98. The number of anilines is 4. The molecule has 4 aromatic rings. The minimum absolute atomic E-state index is 0.0174. The van der Waals surface area contributed by atoms with E-state index in [2.05, 4.69) is 32.5 Å². The zero-order chi connectivity index (χ0) is 25.9. The number of pyridine rings is 1. The number of piperazine rings is 1. The highest BCUT2D eigenvalue weighted by Gasteiger charge is 2.20. The van der Waals surface area contributed by atoms with E-state index in [0.717, 1.165) is 6.08 Å². The molecule has 0 unspecified atom stereocenters. The van der Waals surface area contributed by atoms with E-state index >= 15 is 0 Å². The van der Waals surface area contributed by atoms with Gasteiger partial charge in [-0.05, 0) is 36.4 Å². The van der Waals surface area contributed by atoms with E-state index in [1.54, 1.807) is 39.9 Å². The predicted octanol–water partition coefficient (Wildman–Crippen LogP) is 3.34. The first-order valence-corrected chi connectivity index (χ1v) is 11.6. The van der Waals surface area contributed by atoms with Crippen LogP contribution in [0.3, 0.4) is 0 Å². The fourth-order valence-corrected chi connectivity index (χ4v) is 4.13. The van der Waals surface area contributed by atoms with Gasteiger partial charge in [0.1, 0.15) is 0 Å². The van der Waals surface area contributed by atoms with Crippen molar-refractivity contribution >= 4 is 40.0 Å². The Labute approximate surface area is 210 Å². The molecule has 0 saturated carbocycles. The monoisotopic (exact) mass is 503 g/mol. The van der Waals surface area contributed by atoms with E-state index in [9.17, 15) is 18.4 Å². The fourth-order valence-electron chi connectivity index (χ4n) is 4.13. The van der Waals surface area contributed by atoms with Gasteiger partial charge in [0, 0.05) is 56.0 Å². The molecule has 0 radical (unpaired) electrons. The van der Waals surface area contributed by atoms with Crippen LogP contribution in [0.4, 0.5) is 31.8 Å². The number of rotatable bonds is 6. The molecule has 1 aliphatic heterocycles. The average molecular weight is 504 g/mol. The minimum Gasteiger partial charge on any atom is -0.367 e. The second kappa shape index (κ2) is 10.2. The van der Waals surface area contributed by atoms with E-state index in [-0.39, 0.29) is 39.7 Å². The third kappa shape index (κ3) is 4.89. The number of amides is 1. The van der Waals surface area contributed by atoms with Crippen molar-refractivity contribution in [3.8, 4) is 5.69 Å². The van der Waals surface area contributed by atoms with Gasteiger partial charge in [0.05, 0.1) is 16.8 Å². The summed E-state index contributed by atoms with van der Waals surface area (Å²) in [4.78, 5) is 34.5. The van der Waals surface area contributed by atoms with Crippen molar-refractivity contribution in [2.24, 2.45) is 0 Å². The smallest absolute Gasteiger partial charge is 0.247 e. The maximum Gasteiger partial charge on any atom is 0.247 e. The Balaban J connectivity index is 1.50. The van der Waals surface area contributed by atoms with Crippen LogP contribution in [0.15, 0.2) is 72.3 Å². The first-order valence-electron chi connectivity index (χ1n) is 11.6. The fraction of sp³-hybridized carbons (Fsp3) is 0.154. The zero-order valence-electron chi connectivity index (χ0n) is 19.7. The summed E-state index contributed by atoms with van der Waals surface area (Å²) in [6.45, 7) is 5.98. The molecule has 3 N–H and O–H groups in total. The maximum absolute atomic E-state index is 15.0. The van der Waals surface area contributed by atoms with Crippen LogP contribution < -0.4 is 26.3 Å². The Hall–Kier alpha value is -4.64. The lowest BCUT2D eigenvalue weighted by atomic mass is 10.2. The number of fused-ring (bicyclic) bond motifs is 1. The van der Waals surface area contributed by atoms with Crippen molar-refractivity contribution in [2.45, 2.75) is 0 Å². The van der Waals surface area contributed by atoms with Crippen LogP contribution in [0.1, 0.15) is 0 Å². The molecule has 0 atom stereocenters. The average Bonchev–Trinajstić information content (AvgIpc) is 2.92. The van der Waals surface area contributed by atoms with E-state index in [0.29, 0.717) is 37.6 Å². The molecule has 0 spiro atoms. The molecule has 0 aliphatic carbocycles. The number of hydrogen-bond acceptors (Lipinski definition) is 7. The molecule has 1 aliphatic rings. The molecular formula is C26H23F2N7O2. The highest BCUT2D eigenvalue weighted by molar-refractivity contribution is 5.99. The van der Waals surface area contributed by atoms with Crippen LogP contribution in [0.25, 0.3) is 16.7 Å². The summed E-state index contributed by atoms with van der Waals surface area (Å²) in [7, 11) is 0. The highest BCUT2D eigenvalue weighted by Crippen LogP contribution is 2.29. The SMILES string of the molecule is C=CC(=O)Nc1cccc(-n2ccc(=O)c3cnc(Nc4ccc(N5CCNCC5)c(F)c4F)nc32)c1. The first kappa shape index (κ1) is 24.1. The van der Waals surface area contributed by atoms with Crippen LogP contribution in [-0.4, -0.2) is 46.6 Å². The first-order chi connectivity index (χ1) is 17.9. The van der Waals surface area contributed by atoms with Gasteiger partial charge in [-0.3, -0.25) is 9.59 Å². The summed E-state index contributed by atoms with van der Waals surface area (Å²) in [5.74, 6) is -2.39. The summed E-state index contributed by atoms with van der Waals surface area (Å²) in [5.41, 5.74) is 1.14. The summed E-state index contributed by atoms with van der Waals surface area (Å²) >= 11 is 0. The van der Waals surface area contributed by atoms with Gasteiger partial charge in [0.25, 0.3) is 0 Å². The number of carbonyl (C=O) groups excluding carboxylic acids is 1. The lowest BCUT2D eigenvalue weighted by Gasteiger charge is -2.30. The van der Waals surface area contributed by atoms with Gasteiger partial charge in [0.15, 0.2) is 22.7 Å². The Morgan fingerprint density at radius 1 is 1.11 bits per heavy atom. The molecule has 2 aromatic carbocycles. The van der Waals surface area contributed by atoms with Gasteiger partial charge in [-0.2, -0.15) is 4.98 Å². The maximum atomic E-state index is 15.0. The van der Waals surface area contributed by atoms with Crippen molar-refractivity contribution in [1.82, 2.24) is 19.9 Å². The van der Waals surface area contributed by atoms with Crippen LogP contribution in [0.5, 0.6) is 0 Å². The molecule has 1 amide bonds. The standard InChI is InChI=1S/C26H23F2N7O2/c1-2-22(37)31-16-4-3-5-17(14-16)35-11-8-21(36)18-15-30-26(33-25(18)35)32-19-6-7-20(24(28)23(19)27)34-12-9-29-10-13-34/h2-8,11,14-15,29H,1,9-10,12-13H2,(H,31,37)(H,30,32,33). The lowest BCUT2D eigenvalue weighted by Crippen LogP contribution is -2.44. The molecule has 2 aromatic heterocycles. The predicted molar refractivity (Wildman–Crippen MR) is 139 cm³/mol. The number of carbonyl (C=O) groups is 1. The van der Waals surface area contributed by atoms with Gasteiger partial charge in [-0.25, -0.2) is 13.8 Å². The molecule has 11 heteroatoms. The van der Waals surface area contributed by atoms with Gasteiger partial charge >= 0.3 is 0 Å². The number of halogens is 2.